The Morgan fingerprint density at radius 2 is 1.94 bits per heavy atom. The lowest BCUT2D eigenvalue weighted by Crippen LogP contribution is -2.20. The molecule has 5 heteroatoms. The summed E-state index contributed by atoms with van der Waals surface area (Å²) >= 11 is 0. The van der Waals surface area contributed by atoms with Crippen molar-refractivity contribution >= 4 is 0 Å². The Balaban J connectivity index is 2.06. The van der Waals surface area contributed by atoms with Crippen LogP contribution in [-0.4, -0.2) is 9.78 Å². The van der Waals surface area contributed by atoms with Crippen LogP contribution in [-0.2, 0) is 13.6 Å². The molecule has 0 saturated heterocycles. The molecule has 0 spiro atoms. The fourth-order valence-electron chi connectivity index (χ4n) is 1.84. The third kappa shape index (κ3) is 2.73. The van der Waals surface area contributed by atoms with Gasteiger partial charge in [-0.15, -0.1) is 0 Å². The molecule has 0 amide bonds. The van der Waals surface area contributed by atoms with E-state index in [0.29, 0.717) is 6.54 Å². The van der Waals surface area contributed by atoms with Crippen LogP contribution < -0.4 is 5.32 Å². The topological polar surface area (TPSA) is 29.9 Å². The molecule has 1 aromatic heterocycles. The summed E-state index contributed by atoms with van der Waals surface area (Å²) in [7, 11) is 1.82. The molecular weight excluding hydrogens is 236 g/mol. The molecule has 0 bridgehead atoms. The van der Waals surface area contributed by atoms with E-state index in [2.05, 4.69) is 10.4 Å². The maximum atomic E-state index is 13.5. The largest absolute Gasteiger partial charge is 0.304 e. The first-order valence-corrected chi connectivity index (χ1v) is 5.73. The Bertz CT molecular complexity index is 517. The molecule has 1 N–H and O–H groups in total. The minimum atomic E-state index is -0.531. The van der Waals surface area contributed by atoms with E-state index >= 15 is 0 Å². The summed E-state index contributed by atoms with van der Waals surface area (Å²) in [4.78, 5) is 0. The van der Waals surface area contributed by atoms with Gasteiger partial charge >= 0.3 is 0 Å². The van der Waals surface area contributed by atoms with Gasteiger partial charge in [0, 0.05) is 31.4 Å². The Hall–Kier alpha value is -1.75. The molecule has 0 radical (unpaired) electrons. The highest BCUT2D eigenvalue weighted by Crippen LogP contribution is 2.20. The van der Waals surface area contributed by atoms with E-state index in [1.54, 1.807) is 11.6 Å². The second kappa shape index (κ2) is 5.27. The van der Waals surface area contributed by atoms with Gasteiger partial charge in [0.1, 0.15) is 11.6 Å². The summed E-state index contributed by atoms with van der Waals surface area (Å²) in [5.41, 5.74) is 0.898. The van der Waals surface area contributed by atoms with E-state index in [1.165, 1.54) is 18.2 Å². The zero-order valence-electron chi connectivity index (χ0n) is 10.3. The molecule has 0 fully saturated rings. The average molecular weight is 251 g/mol. The van der Waals surface area contributed by atoms with Gasteiger partial charge in [-0.2, -0.15) is 5.10 Å². The molecule has 1 unspecified atom stereocenters. The number of nitrogens with zero attached hydrogens (tertiary/aromatic N) is 2. The van der Waals surface area contributed by atoms with Crippen LogP contribution in [0.4, 0.5) is 8.78 Å². The molecule has 96 valence electrons. The monoisotopic (exact) mass is 251 g/mol. The molecule has 3 nitrogen and oxygen atoms in total. The third-order valence-corrected chi connectivity index (χ3v) is 2.79. The predicted molar refractivity (Wildman–Crippen MR) is 64.8 cm³/mol. The molecule has 1 aromatic carbocycles. The molecule has 0 saturated carbocycles. The summed E-state index contributed by atoms with van der Waals surface area (Å²) in [6.07, 6.45) is 1.82. The smallest absolute Gasteiger partial charge is 0.130 e. The minimum Gasteiger partial charge on any atom is -0.304 e. The van der Waals surface area contributed by atoms with Crippen LogP contribution >= 0.6 is 0 Å². The lowest BCUT2D eigenvalue weighted by atomic mass is 10.1. The lowest BCUT2D eigenvalue weighted by molar-refractivity contribution is 0.484. The van der Waals surface area contributed by atoms with Crippen LogP contribution in [0.25, 0.3) is 0 Å². The van der Waals surface area contributed by atoms with Crippen molar-refractivity contribution in [3.05, 3.63) is 53.4 Å². The van der Waals surface area contributed by atoms with Crippen molar-refractivity contribution in [1.82, 2.24) is 15.1 Å². The number of benzene rings is 1. The van der Waals surface area contributed by atoms with E-state index in [1.807, 2.05) is 19.3 Å². The molecular formula is C13H15F2N3. The number of rotatable bonds is 4. The molecule has 0 aliphatic heterocycles. The van der Waals surface area contributed by atoms with Crippen molar-refractivity contribution < 1.29 is 8.78 Å². The van der Waals surface area contributed by atoms with Crippen LogP contribution in [0.2, 0.25) is 0 Å². The maximum Gasteiger partial charge on any atom is 0.130 e. The standard InChI is InChI=1S/C13H15F2N3/c1-9(13-11(14)4-3-5-12(13)15)16-8-10-6-7-18(2)17-10/h3-7,9,16H,8H2,1-2H3. The highest BCUT2D eigenvalue weighted by Gasteiger charge is 2.15. The van der Waals surface area contributed by atoms with Crippen molar-refractivity contribution in [1.29, 1.82) is 0 Å². The van der Waals surface area contributed by atoms with Crippen molar-refractivity contribution in [2.24, 2.45) is 7.05 Å². The van der Waals surface area contributed by atoms with Gasteiger partial charge in [-0.25, -0.2) is 8.78 Å². The molecule has 0 aliphatic rings. The number of aryl methyl sites for hydroxylation is 1. The number of halogens is 2. The second-order valence-electron chi connectivity index (χ2n) is 4.22. The van der Waals surface area contributed by atoms with E-state index < -0.39 is 17.7 Å². The number of nitrogens with one attached hydrogen (secondary N) is 1. The number of aromatic nitrogens is 2. The Kier molecular flexibility index (Phi) is 3.72. The van der Waals surface area contributed by atoms with E-state index in [-0.39, 0.29) is 5.56 Å². The van der Waals surface area contributed by atoms with Crippen LogP contribution in [0, 0.1) is 11.6 Å². The Morgan fingerprint density at radius 1 is 1.28 bits per heavy atom. The van der Waals surface area contributed by atoms with Crippen molar-refractivity contribution in [3.63, 3.8) is 0 Å². The van der Waals surface area contributed by atoms with Crippen LogP contribution in [0.5, 0.6) is 0 Å². The highest BCUT2D eigenvalue weighted by atomic mass is 19.1. The predicted octanol–water partition coefficient (Wildman–Crippen LogP) is 2.55. The summed E-state index contributed by atoms with van der Waals surface area (Å²) in [6.45, 7) is 2.19. The van der Waals surface area contributed by atoms with Crippen LogP contribution in [0.3, 0.4) is 0 Å². The SMILES string of the molecule is CC(NCc1ccn(C)n1)c1c(F)cccc1F. The molecule has 0 aliphatic carbocycles. The van der Waals surface area contributed by atoms with Gasteiger partial charge < -0.3 is 5.32 Å². The van der Waals surface area contributed by atoms with E-state index in [9.17, 15) is 8.78 Å². The number of hydrogen-bond donors (Lipinski definition) is 1. The third-order valence-electron chi connectivity index (χ3n) is 2.79. The molecule has 2 aromatic rings. The zero-order chi connectivity index (χ0) is 13.1. The van der Waals surface area contributed by atoms with E-state index in [0.717, 1.165) is 5.69 Å². The van der Waals surface area contributed by atoms with Crippen molar-refractivity contribution in [2.45, 2.75) is 19.5 Å². The van der Waals surface area contributed by atoms with Gasteiger partial charge in [-0.3, -0.25) is 4.68 Å². The highest BCUT2D eigenvalue weighted by molar-refractivity contribution is 5.22. The van der Waals surface area contributed by atoms with Gasteiger partial charge in [-0.05, 0) is 25.1 Å². The molecule has 18 heavy (non-hydrogen) atoms. The van der Waals surface area contributed by atoms with Gasteiger partial charge in [0.25, 0.3) is 0 Å². The zero-order valence-corrected chi connectivity index (χ0v) is 10.3. The second-order valence-corrected chi connectivity index (χ2v) is 4.22. The summed E-state index contributed by atoms with van der Waals surface area (Å²) < 4.78 is 28.7. The van der Waals surface area contributed by atoms with Crippen LogP contribution in [0.1, 0.15) is 24.2 Å². The van der Waals surface area contributed by atoms with Crippen LogP contribution in [0.15, 0.2) is 30.5 Å². The Labute approximate surface area is 104 Å². The summed E-state index contributed by atoms with van der Waals surface area (Å²) in [6, 6.07) is 5.33. The van der Waals surface area contributed by atoms with Crippen molar-refractivity contribution in [3.8, 4) is 0 Å². The first kappa shape index (κ1) is 12.7. The number of hydrogen-bond acceptors (Lipinski definition) is 2. The first-order chi connectivity index (χ1) is 8.58. The Morgan fingerprint density at radius 3 is 2.50 bits per heavy atom. The van der Waals surface area contributed by atoms with Gasteiger partial charge in [0.2, 0.25) is 0 Å². The van der Waals surface area contributed by atoms with Gasteiger partial charge in [0.05, 0.1) is 5.69 Å². The first-order valence-electron chi connectivity index (χ1n) is 5.73. The summed E-state index contributed by atoms with van der Waals surface area (Å²) in [5, 5.41) is 7.24. The molecule has 2 rings (SSSR count). The van der Waals surface area contributed by atoms with E-state index in [4.69, 9.17) is 0 Å². The maximum absolute atomic E-state index is 13.5. The van der Waals surface area contributed by atoms with Crippen molar-refractivity contribution in [2.75, 3.05) is 0 Å². The average Bonchev–Trinajstić information content (AvgIpc) is 2.72. The molecule has 1 heterocycles. The molecule has 1 atom stereocenters. The van der Waals surface area contributed by atoms with Gasteiger partial charge in [-0.1, -0.05) is 6.07 Å². The quantitative estimate of drug-likeness (QED) is 0.905. The fraction of sp³-hybridized carbons (Fsp3) is 0.308. The summed E-state index contributed by atoms with van der Waals surface area (Å²) in [5.74, 6) is -1.06. The minimum absolute atomic E-state index is 0.0634. The fourth-order valence-corrected chi connectivity index (χ4v) is 1.84. The van der Waals surface area contributed by atoms with Gasteiger partial charge in [0.15, 0.2) is 0 Å². The normalized spacial score (nSPS) is 12.7. The lowest BCUT2D eigenvalue weighted by Gasteiger charge is -2.14.